The maximum Gasteiger partial charge on any atom is 0.306 e. The predicted octanol–water partition coefficient (Wildman–Crippen LogP) is 14.5. The summed E-state index contributed by atoms with van der Waals surface area (Å²) in [7, 11) is 1.35. The van der Waals surface area contributed by atoms with Crippen LogP contribution in [0.25, 0.3) is 0 Å². The van der Waals surface area contributed by atoms with Gasteiger partial charge in [-0.1, -0.05) is 204 Å². The fourth-order valence-electron chi connectivity index (χ4n) is 6.83. The minimum Gasteiger partial charge on any atom is -0.756 e. The lowest BCUT2D eigenvalue weighted by Gasteiger charge is -2.28. The molecule has 0 aromatic heterocycles. The lowest BCUT2D eigenvalue weighted by atomic mass is 10.0. The lowest BCUT2D eigenvalue weighted by Crippen LogP contribution is -2.37. The van der Waals surface area contributed by atoms with E-state index >= 15 is 0 Å². The summed E-state index contributed by atoms with van der Waals surface area (Å²) in [6, 6.07) is 0. The van der Waals surface area contributed by atoms with Crippen LogP contribution in [0.3, 0.4) is 0 Å². The van der Waals surface area contributed by atoms with E-state index in [1.807, 2.05) is 21.1 Å². The molecule has 0 aliphatic heterocycles. The minimum atomic E-state index is -4.53. The fraction of sp³-hybridized carbons (Fsp3) is 0.824. The second-order valence-corrected chi connectivity index (χ2v) is 19.2. The first-order valence-electron chi connectivity index (χ1n) is 24.9. The summed E-state index contributed by atoms with van der Waals surface area (Å²) in [4.78, 5) is 25.2. The van der Waals surface area contributed by atoms with E-state index in [0.717, 1.165) is 70.6 Å². The van der Waals surface area contributed by atoms with Crippen molar-refractivity contribution in [3.05, 3.63) is 48.6 Å². The standard InChI is InChI=1S/C51H96NO7P/c1-6-8-10-12-14-16-18-20-22-24-26-27-28-30-32-34-36-38-40-42-44-51(53)59-50(49-58-60(54,55)57-47-45-52(3,4)5)48-56-46-43-41-39-37-35-33-31-29-25-23-21-19-17-15-13-11-9-7-2/h9,11,15,17,21,23,29,31,50H,6-8,10,12-14,16,18-20,22,24-28,30,32-49H2,1-5H3/b11-9-,17-15-,23-21-,31-29-. The van der Waals surface area contributed by atoms with Crippen molar-refractivity contribution in [2.24, 2.45) is 0 Å². The summed E-state index contributed by atoms with van der Waals surface area (Å²) in [6.07, 6.45) is 54.2. The summed E-state index contributed by atoms with van der Waals surface area (Å²) in [6.45, 7) is 5.28. The molecule has 9 heteroatoms. The number of carbonyl (C=O) groups is 1. The van der Waals surface area contributed by atoms with Crippen molar-refractivity contribution in [2.75, 3.05) is 54.1 Å². The zero-order valence-electron chi connectivity index (χ0n) is 39.9. The van der Waals surface area contributed by atoms with E-state index in [1.54, 1.807) is 0 Å². The van der Waals surface area contributed by atoms with Gasteiger partial charge >= 0.3 is 5.97 Å². The molecule has 0 aromatic carbocycles. The average molecular weight is 866 g/mol. The molecule has 2 atom stereocenters. The molecule has 0 spiro atoms. The Morgan fingerprint density at radius 1 is 0.533 bits per heavy atom. The summed E-state index contributed by atoms with van der Waals surface area (Å²) < 4.78 is 34.7. The molecular weight excluding hydrogens is 770 g/mol. The molecule has 0 aromatic rings. The number of phosphoric ester groups is 1. The molecule has 0 saturated heterocycles. The first-order chi connectivity index (χ1) is 29.1. The fourth-order valence-corrected chi connectivity index (χ4v) is 7.56. The number of hydrogen-bond donors (Lipinski definition) is 0. The van der Waals surface area contributed by atoms with Gasteiger partial charge in [0.1, 0.15) is 19.3 Å². The van der Waals surface area contributed by atoms with Crippen molar-refractivity contribution >= 4 is 13.8 Å². The molecular formula is C51H96NO7P. The molecule has 0 aliphatic carbocycles. The largest absolute Gasteiger partial charge is 0.756 e. The number of ether oxygens (including phenoxy) is 2. The zero-order chi connectivity index (χ0) is 44.1. The van der Waals surface area contributed by atoms with E-state index in [2.05, 4.69) is 62.5 Å². The van der Waals surface area contributed by atoms with Gasteiger partial charge in [-0.25, -0.2) is 0 Å². The summed E-state index contributed by atoms with van der Waals surface area (Å²) in [5.41, 5.74) is 0. The number of nitrogens with zero attached hydrogens (tertiary/aromatic N) is 1. The third kappa shape index (κ3) is 47.5. The van der Waals surface area contributed by atoms with Gasteiger partial charge in [-0.15, -0.1) is 0 Å². The Bertz CT molecular complexity index is 1100. The molecule has 8 nitrogen and oxygen atoms in total. The molecule has 0 aliphatic rings. The number of unbranched alkanes of at least 4 members (excludes halogenated alkanes) is 24. The van der Waals surface area contributed by atoms with Gasteiger partial charge in [0.25, 0.3) is 7.82 Å². The SMILES string of the molecule is CC/C=C\C/C=C\C/C=C\C/C=C\CCCCCCCOCC(COP(=O)([O-])OCC[N+](C)(C)C)OC(=O)CCCCCCCCCCCCCCCCCCCCCC. The average Bonchev–Trinajstić information content (AvgIpc) is 3.20. The Morgan fingerprint density at radius 2 is 0.967 bits per heavy atom. The van der Waals surface area contributed by atoms with Crippen LogP contribution in [0, 0.1) is 0 Å². The van der Waals surface area contributed by atoms with Crippen molar-refractivity contribution < 1.29 is 37.3 Å². The highest BCUT2D eigenvalue weighted by atomic mass is 31.2. The van der Waals surface area contributed by atoms with E-state index in [4.69, 9.17) is 18.5 Å². The quantitative estimate of drug-likeness (QED) is 0.0198. The van der Waals surface area contributed by atoms with Gasteiger partial charge in [0.05, 0.1) is 34.4 Å². The molecule has 2 unspecified atom stereocenters. The van der Waals surface area contributed by atoms with Crippen LogP contribution in [0.4, 0.5) is 0 Å². The Morgan fingerprint density at radius 3 is 1.45 bits per heavy atom. The number of phosphoric acid groups is 1. The number of quaternary nitrogens is 1. The van der Waals surface area contributed by atoms with Crippen LogP contribution in [0.5, 0.6) is 0 Å². The van der Waals surface area contributed by atoms with Crippen LogP contribution in [0.1, 0.15) is 213 Å². The molecule has 0 saturated carbocycles. The summed E-state index contributed by atoms with van der Waals surface area (Å²) >= 11 is 0. The normalized spacial score (nSPS) is 14.0. The van der Waals surface area contributed by atoms with Gasteiger partial charge in [-0.2, -0.15) is 0 Å². The van der Waals surface area contributed by atoms with E-state index in [0.29, 0.717) is 24.1 Å². The minimum absolute atomic E-state index is 0.0219. The molecule has 0 radical (unpaired) electrons. The molecule has 0 fully saturated rings. The molecule has 0 heterocycles. The Kier molecular flexibility index (Phi) is 43.0. The molecule has 60 heavy (non-hydrogen) atoms. The molecule has 352 valence electrons. The van der Waals surface area contributed by atoms with Crippen molar-refractivity contribution in [1.82, 2.24) is 0 Å². The third-order valence-corrected chi connectivity index (χ3v) is 11.6. The van der Waals surface area contributed by atoms with E-state index < -0.39 is 13.9 Å². The molecule has 0 bridgehead atoms. The summed E-state index contributed by atoms with van der Waals surface area (Å²) in [5, 5.41) is 0. The number of carbonyl (C=O) groups excluding carboxylic acids is 1. The maximum atomic E-state index is 12.7. The second-order valence-electron chi connectivity index (χ2n) is 17.8. The van der Waals surface area contributed by atoms with Gasteiger partial charge < -0.3 is 27.9 Å². The van der Waals surface area contributed by atoms with E-state index in [9.17, 15) is 14.3 Å². The highest BCUT2D eigenvalue weighted by molar-refractivity contribution is 7.45. The maximum absolute atomic E-state index is 12.7. The monoisotopic (exact) mass is 866 g/mol. The van der Waals surface area contributed by atoms with Gasteiger partial charge in [0.15, 0.2) is 0 Å². The van der Waals surface area contributed by atoms with Crippen molar-refractivity contribution in [1.29, 1.82) is 0 Å². The van der Waals surface area contributed by atoms with E-state index in [1.165, 1.54) is 122 Å². The van der Waals surface area contributed by atoms with Crippen molar-refractivity contribution in [3.8, 4) is 0 Å². The Labute approximate surface area is 371 Å². The first-order valence-corrected chi connectivity index (χ1v) is 26.3. The zero-order valence-corrected chi connectivity index (χ0v) is 40.8. The predicted molar refractivity (Wildman–Crippen MR) is 254 cm³/mol. The molecule has 0 N–H and O–H groups in total. The van der Waals surface area contributed by atoms with Crippen LogP contribution in [-0.2, 0) is 27.9 Å². The summed E-state index contributed by atoms with van der Waals surface area (Å²) in [5.74, 6) is -0.338. The Hall–Kier alpha value is -1.54. The number of likely N-dealkylation sites (N-methyl/N-ethyl adjacent to an activating group) is 1. The van der Waals surface area contributed by atoms with Gasteiger partial charge in [-0.05, 0) is 51.4 Å². The first kappa shape index (κ1) is 58.5. The highest BCUT2D eigenvalue weighted by Gasteiger charge is 2.20. The topological polar surface area (TPSA) is 94.1 Å². The third-order valence-electron chi connectivity index (χ3n) is 10.6. The Balaban J connectivity index is 4.18. The van der Waals surface area contributed by atoms with Gasteiger partial charge in [0, 0.05) is 13.0 Å². The highest BCUT2D eigenvalue weighted by Crippen LogP contribution is 2.38. The van der Waals surface area contributed by atoms with Crippen molar-refractivity contribution in [3.63, 3.8) is 0 Å². The second kappa shape index (κ2) is 44.1. The number of allylic oxidation sites excluding steroid dienone is 8. The molecule has 0 rings (SSSR count). The van der Waals surface area contributed by atoms with Crippen molar-refractivity contribution in [2.45, 2.75) is 219 Å². The lowest BCUT2D eigenvalue weighted by molar-refractivity contribution is -0.870. The van der Waals surface area contributed by atoms with Crippen LogP contribution >= 0.6 is 7.82 Å². The van der Waals surface area contributed by atoms with Crippen LogP contribution in [0.15, 0.2) is 48.6 Å². The number of hydrogen-bond acceptors (Lipinski definition) is 7. The molecule has 0 amide bonds. The smallest absolute Gasteiger partial charge is 0.306 e. The van der Waals surface area contributed by atoms with Crippen LogP contribution < -0.4 is 4.89 Å². The van der Waals surface area contributed by atoms with Gasteiger partial charge in [-0.3, -0.25) is 9.36 Å². The van der Waals surface area contributed by atoms with Crippen LogP contribution in [-0.4, -0.2) is 70.7 Å². The number of esters is 1. The van der Waals surface area contributed by atoms with Gasteiger partial charge in [0.2, 0.25) is 0 Å². The van der Waals surface area contributed by atoms with E-state index in [-0.39, 0.29) is 25.8 Å². The van der Waals surface area contributed by atoms with Crippen LogP contribution in [0.2, 0.25) is 0 Å². The number of rotatable bonds is 46.